The summed E-state index contributed by atoms with van der Waals surface area (Å²) in [5.74, 6) is 0.338. The summed E-state index contributed by atoms with van der Waals surface area (Å²) in [4.78, 5) is 28.8. The molecule has 5 rings (SSSR count). The quantitative estimate of drug-likeness (QED) is 0.373. The molecule has 192 valence electrons. The molecule has 1 aliphatic heterocycles. The van der Waals surface area contributed by atoms with Crippen molar-refractivity contribution in [1.29, 1.82) is 0 Å². The first-order valence-electron chi connectivity index (χ1n) is 13.7. The van der Waals surface area contributed by atoms with Gasteiger partial charge < -0.3 is 15.5 Å². The van der Waals surface area contributed by atoms with Gasteiger partial charge in [-0.15, -0.1) is 0 Å². The molecule has 2 N–H and O–H groups in total. The zero-order valence-corrected chi connectivity index (χ0v) is 21.7. The molecule has 1 saturated heterocycles. The van der Waals surface area contributed by atoms with E-state index in [1.54, 1.807) is 0 Å². The molecule has 1 atom stereocenters. The summed E-state index contributed by atoms with van der Waals surface area (Å²) in [5, 5.41) is 6.24. The zero-order valence-electron chi connectivity index (χ0n) is 21.7. The summed E-state index contributed by atoms with van der Waals surface area (Å²) in [6.45, 7) is 3.88. The van der Waals surface area contributed by atoms with Gasteiger partial charge in [0.1, 0.15) is 0 Å². The van der Waals surface area contributed by atoms with Crippen LogP contribution in [-0.4, -0.2) is 30.9 Å². The Morgan fingerprint density at radius 2 is 1.57 bits per heavy atom. The Kier molecular flexibility index (Phi) is 7.88. The molecule has 0 aromatic heterocycles. The lowest BCUT2D eigenvalue weighted by molar-refractivity contribution is -0.117. The lowest BCUT2D eigenvalue weighted by atomic mass is 9.89. The van der Waals surface area contributed by atoms with Gasteiger partial charge in [-0.2, -0.15) is 0 Å². The highest BCUT2D eigenvalue weighted by Gasteiger charge is 2.28. The van der Waals surface area contributed by atoms with E-state index in [4.69, 9.17) is 0 Å². The number of hydrogen-bond acceptors (Lipinski definition) is 3. The fraction of sp³-hybridized carbons (Fsp3) is 0.375. The van der Waals surface area contributed by atoms with Gasteiger partial charge in [0.25, 0.3) is 5.91 Å². The van der Waals surface area contributed by atoms with Crippen LogP contribution in [0.1, 0.15) is 66.4 Å². The molecule has 0 bridgehead atoms. The van der Waals surface area contributed by atoms with Crippen molar-refractivity contribution in [3.8, 4) is 0 Å². The van der Waals surface area contributed by atoms with E-state index in [2.05, 4.69) is 45.9 Å². The number of nitrogens with one attached hydrogen (secondary N) is 2. The van der Waals surface area contributed by atoms with Crippen molar-refractivity contribution in [2.75, 3.05) is 23.3 Å². The molecule has 5 nitrogen and oxygen atoms in total. The predicted molar refractivity (Wildman–Crippen MR) is 150 cm³/mol. The summed E-state index contributed by atoms with van der Waals surface area (Å²) >= 11 is 0. The molecular weight excluding hydrogens is 458 g/mol. The first kappa shape index (κ1) is 25.1. The van der Waals surface area contributed by atoms with Gasteiger partial charge in [-0.25, -0.2) is 0 Å². The van der Waals surface area contributed by atoms with Crippen LogP contribution in [0, 0.1) is 5.92 Å². The molecule has 5 heteroatoms. The Hall–Kier alpha value is -3.60. The number of piperidine rings is 1. The standard InChI is InChI=1S/C32H37N3O2/c1-2-28(25-11-7-4-8-12-25)31(36)34-27-15-16-30(29(22-27)32(37)33-26-13-14-26)35-19-17-24(18-20-35)21-23-9-5-3-6-10-23/h3-12,15-16,22,24,26,28H,2,13-14,17-21H2,1H3,(H,33,37)(H,34,36). The summed E-state index contributed by atoms with van der Waals surface area (Å²) in [5.41, 5.74) is 4.68. The summed E-state index contributed by atoms with van der Waals surface area (Å²) in [6.07, 6.45) is 6.10. The predicted octanol–water partition coefficient (Wildman–Crippen LogP) is 6.17. The second kappa shape index (κ2) is 11.6. The van der Waals surface area contributed by atoms with Crippen LogP contribution in [-0.2, 0) is 11.2 Å². The van der Waals surface area contributed by atoms with Crippen LogP contribution >= 0.6 is 0 Å². The average Bonchev–Trinajstić information content (AvgIpc) is 3.75. The smallest absolute Gasteiger partial charge is 0.253 e. The van der Waals surface area contributed by atoms with E-state index in [1.807, 2.05) is 55.5 Å². The van der Waals surface area contributed by atoms with E-state index in [0.717, 1.165) is 56.4 Å². The van der Waals surface area contributed by atoms with Crippen molar-refractivity contribution < 1.29 is 9.59 Å². The van der Waals surface area contributed by atoms with Crippen LogP contribution in [0.25, 0.3) is 0 Å². The Morgan fingerprint density at radius 3 is 2.22 bits per heavy atom. The van der Waals surface area contributed by atoms with Gasteiger partial charge in [0.15, 0.2) is 0 Å². The fourth-order valence-corrected chi connectivity index (χ4v) is 5.37. The fourth-order valence-electron chi connectivity index (χ4n) is 5.37. The maximum Gasteiger partial charge on any atom is 0.253 e. The Labute approximate surface area is 220 Å². The molecule has 37 heavy (non-hydrogen) atoms. The van der Waals surface area contributed by atoms with E-state index in [1.165, 1.54) is 5.56 Å². The van der Waals surface area contributed by atoms with Gasteiger partial charge >= 0.3 is 0 Å². The first-order valence-corrected chi connectivity index (χ1v) is 13.7. The van der Waals surface area contributed by atoms with Crippen LogP contribution in [0.5, 0.6) is 0 Å². The third-order valence-electron chi connectivity index (χ3n) is 7.67. The van der Waals surface area contributed by atoms with Crippen LogP contribution in [0.3, 0.4) is 0 Å². The number of amides is 2. The Bertz CT molecular complexity index is 1200. The lowest BCUT2D eigenvalue weighted by Gasteiger charge is -2.35. The number of benzene rings is 3. The molecule has 3 aromatic rings. The highest BCUT2D eigenvalue weighted by Crippen LogP contribution is 2.31. The van der Waals surface area contributed by atoms with E-state index >= 15 is 0 Å². The first-order chi connectivity index (χ1) is 18.1. The second-order valence-corrected chi connectivity index (χ2v) is 10.5. The molecule has 2 amide bonds. The zero-order chi connectivity index (χ0) is 25.6. The van der Waals surface area contributed by atoms with E-state index in [9.17, 15) is 9.59 Å². The van der Waals surface area contributed by atoms with E-state index in [-0.39, 0.29) is 23.8 Å². The molecule has 1 aliphatic carbocycles. The van der Waals surface area contributed by atoms with Gasteiger partial charge in [0.2, 0.25) is 5.91 Å². The third-order valence-corrected chi connectivity index (χ3v) is 7.67. The monoisotopic (exact) mass is 495 g/mol. The highest BCUT2D eigenvalue weighted by molar-refractivity contribution is 6.03. The lowest BCUT2D eigenvalue weighted by Crippen LogP contribution is -2.36. The van der Waals surface area contributed by atoms with Crippen LogP contribution in [0.15, 0.2) is 78.9 Å². The number of rotatable bonds is 9. The Balaban J connectivity index is 1.30. The van der Waals surface area contributed by atoms with Crippen molar-refractivity contribution in [3.63, 3.8) is 0 Å². The number of anilines is 2. The molecule has 2 aliphatic rings. The SMILES string of the molecule is CCC(C(=O)Nc1ccc(N2CCC(Cc3ccccc3)CC2)c(C(=O)NC2CC2)c1)c1ccccc1. The number of nitrogens with zero attached hydrogens (tertiary/aromatic N) is 1. The van der Waals surface area contributed by atoms with E-state index < -0.39 is 0 Å². The molecular formula is C32H37N3O2. The second-order valence-electron chi connectivity index (χ2n) is 10.5. The molecule has 1 saturated carbocycles. The van der Waals surface area contributed by atoms with Gasteiger partial charge in [0.05, 0.1) is 11.5 Å². The van der Waals surface area contributed by atoms with Crippen molar-refractivity contribution in [1.82, 2.24) is 5.32 Å². The van der Waals surface area contributed by atoms with Crippen LogP contribution in [0.2, 0.25) is 0 Å². The molecule has 3 aromatic carbocycles. The topological polar surface area (TPSA) is 61.4 Å². The normalized spacial score (nSPS) is 16.7. The maximum atomic E-state index is 13.3. The number of carbonyl (C=O) groups is 2. The van der Waals surface area contributed by atoms with Gasteiger partial charge in [0, 0.05) is 30.5 Å². The van der Waals surface area contributed by atoms with Crippen LogP contribution in [0.4, 0.5) is 11.4 Å². The van der Waals surface area contributed by atoms with Crippen molar-refractivity contribution in [2.24, 2.45) is 5.92 Å². The third kappa shape index (κ3) is 6.40. The summed E-state index contributed by atoms with van der Waals surface area (Å²) in [6, 6.07) is 26.7. The van der Waals surface area contributed by atoms with Gasteiger partial charge in [-0.05, 0) is 73.8 Å². The maximum absolute atomic E-state index is 13.3. The molecule has 0 radical (unpaired) electrons. The van der Waals surface area contributed by atoms with Crippen molar-refractivity contribution in [2.45, 2.75) is 57.4 Å². The van der Waals surface area contributed by atoms with Gasteiger partial charge in [-0.3, -0.25) is 9.59 Å². The number of hydrogen-bond donors (Lipinski definition) is 2. The molecule has 1 unspecified atom stereocenters. The van der Waals surface area contributed by atoms with Gasteiger partial charge in [-0.1, -0.05) is 67.6 Å². The summed E-state index contributed by atoms with van der Waals surface area (Å²) in [7, 11) is 0. The highest BCUT2D eigenvalue weighted by atomic mass is 16.2. The summed E-state index contributed by atoms with van der Waals surface area (Å²) < 4.78 is 0. The molecule has 1 heterocycles. The largest absolute Gasteiger partial charge is 0.371 e. The minimum atomic E-state index is -0.228. The Morgan fingerprint density at radius 1 is 0.892 bits per heavy atom. The minimum Gasteiger partial charge on any atom is -0.371 e. The minimum absolute atomic E-state index is 0.0447. The molecule has 0 spiro atoms. The average molecular weight is 496 g/mol. The van der Waals surface area contributed by atoms with Crippen molar-refractivity contribution in [3.05, 3.63) is 95.6 Å². The number of carbonyl (C=O) groups excluding carboxylic acids is 2. The van der Waals surface area contributed by atoms with Crippen LogP contribution < -0.4 is 15.5 Å². The van der Waals surface area contributed by atoms with Crippen molar-refractivity contribution >= 4 is 23.2 Å². The van der Waals surface area contributed by atoms with E-state index in [0.29, 0.717) is 23.6 Å². The molecule has 2 fully saturated rings.